The summed E-state index contributed by atoms with van der Waals surface area (Å²) in [6.45, 7) is 0. The molecule has 0 aliphatic heterocycles. The van der Waals surface area contributed by atoms with E-state index in [-0.39, 0.29) is 5.69 Å². The summed E-state index contributed by atoms with van der Waals surface area (Å²) in [4.78, 5) is 16.4. The number of nitrogens with zero attached hydrogens (tertiary/aromatic N) is 2. The number of aliphatic imine (C=N–C) groups is 1. The van der Waals surface area contributed by atoms with Gasteiger partial charge in [0.1, 0.15) is 0 Å². The Balaban J connectivity index is 1.90. The molecule has 2 aromatic carbocycles. The number of nitro groups is 1. The molecule has 0 fully saturated rings. The van der Waals surface area contributed by atoms with Crippen molar-refractivity contribution in [1.29, 1.82) is 0 Å². The van der Waals surface area contributed by atoms with Crippen LogP contribution < -0.4 is 0 Å². The van der Waals surface area contributed by atoms with Crippen molar-refractivity contribution in [3.63, 3.8) is 0 Å². The Bertz CT molecular complexity index is 839. The minimum Gasteiger partial charge on any atom is -0.258 e. The van der Waals surface area contributed by atoms with Crippen LogP contribution in [-0.2, 0) is 0 Å². The van der Waals surface area contributed by atoms with E-state index in [1.165, 1.54) is 12.1 Å². The van der Waals surface area contributed by atoms with E-state index in [1.54, 1.807) is 29.7 Å². The first-order valence-electron chi connectivity index (χ1n) is 6.14. The van der Waals surface area contributed by atoms with E-state index in [4.69, 9.17) is 0 Å². The Morgan fingerprint density at radius 2 is 1.86 bits per heavy atom. The number of hydrogen-bond donors (Lipinski definition) is 1. The molecule has 0 aliphatic carbocycles. The number of benzene rings is 2. The molecule has 0 aliphatic rings. The van der Waals surface area contributed by atoms with Crippen LogP contribution >= 0.6 is 24.0 Å². The van der Waals surface area contributed by atoms with Gasteiger partial charge in [-0.15, -0.1) is 24.0 Å². The molecule has 104 valence electrons. The van der Waals surface area contributed by atoms with Gasteiger partial charge in [0.2, 0.25) is 0 Å². The Labute approximate surface area is 130 Å². The lowest BCUT2D eigenvalue weighted by Crippen LogP contribution is -1.85. The van der Waals surface area contributed by atoms with Crippen LogP contribution in [0.2, 0.25) is 0 Å². The lowest BCUT2D eigenvalue weighted by atomic mass is 10.2. The molecule has 0 saturated heterocycles. The summed E-state index contributed by atoms with van der Waals surface area (Å²) in [5, 5.41) is 11.7. The summed E-state index contributed by atoms with van der Waals surface area (Å²) in [5.41, 5.74) is 0.733. The monoisotopic (exact) mass is 314 g/mol. The molecule has 0 bridgehead atoms. The molecule has 0 unspecified atom stereocenters. The number of thiophene rings is 1. The number of hydrogen-bond acceptors (Lipinski definition) is 5. The Hall–Kier alpha value is -2.18. The van der Waals surface area contributed by atoms with Gasteiger partial charge in [-0.1, -0.05) is 18.2 Å². The second-order valence-electron chi connectivity index (χ2n) is 4.34. The van der Waals surface area contributed by atoms with Crippen molar-refractivity contribution in [2.24, 2.45) is 4.99 Å². The fraction of sp³-hybridized carbons (Fsp3) is 0. The lowest BCUT2D eigenvalue weighted by Gasteiger charge is -1.94. The second kappa shape index (κ2) is 5.67. The quantitative estimate of drug-likeness (QED) is 0.325. The van der Waals surface area contributed by atoms with E-state index in [2.05, 4.69) is 17.6 Å². The third-order valence-electron chi connectivity index (χ3n) is 2.99. The van der Waals surface area contributed by atoms with Gasteiger partial charge in [0.05, 0.1) is 15.5 Å². The molecule has 0 radical (unpaired) electrons. The predicted octanol–water partition coefficient (Wildman–Crippen LogP) is 4.85. The molecule has 0 atom stereocenters. The molecule has 6 heteroatoms. The molecule has 0 N–H and O–H groups in total. The van der Waals surface area contributed by atoms with Gasteiger partial charge in [-0.2, -0.15) is 0 Å². The minimum absolute atomic E-state index is 0.0608. The van der Waals surface area contributed by atoms with Crippen LogP contribution in [0, 0.1) is 10.1 Å². The first kappa shape index (κ1) is 13.8. The van der Waals surface area contributed by atoms with E-state index < -0.39 is 4.92 Å². The summed E-state index contributed by atoms with van der Waals surface area (Å²) >= 11 is 6.15. The van der Waals surface area contributed by atoms with E-state index >= 15 is 0 Å². The van der Waals surface area contributed by atoms with Crippen molar-refractivity contribution in [2.45, 2.75) is 4.90 Å². The highest BCUT2D eigenvalue weighted by Crippen LogP contribution is 2.33. The third-order valence-corrected chi connectivity index (χ3v) is 4.73. The van der Waals surface area contributed by atoms with E-state index in [0.29, 0.717) is 5.69 Å². The van der Waals surface area contributed by atoms with Gasteiger partial charge < -0.3 is 0 Å². The minimum atomic E-state index is -0.425. The second-order valence-corrected chi connectivity index (χ2v) is 5.87. The van der Waals surface area contributed by atoms with Crippen molar-refractivity contribution in [3.8, 4) is 0 Å². The Morgan fingerprint density at radius 1 is 1.14 bits per heavy atom. The highest BCUT2D eigenvalue weighted by atomic mass is 32.1. The predicted molar refractivity (Wildman–Crippen MR) is 89.4 cm³/mol. The number of fused-ring (bicyclic) bond motifs is 1. The van der Waals surface area contributed by atoms with Gasteiger partial charge in [-0.05, 0) is 18.2 Å². The molecule has 3 aromatic rings. The van der Waals surface area contributed by atoms with Crippen molar-refractivity contribution < 1.29 is 4.92 Å². The molecule has 0 spiro atoms. The van der Waals surface area contributed by atoms with E-state index in [0.717, 1.165) is 19.9 Å². The maximum atomic E-state index is 10.6. The van der Waals surface area contributed by atoms with Gasteiger partial charge in [0.15, 0.2) is 0 Å². The number of rotatable bonds is 3. The average Bonchev–Trinajstić information content (AvgIpc) is 2.82. The SMILES string of the molecule is O=[N+]([O-])c1ccc(N=Cc2sc3ccccc3c2S)cc1. The molecule has 1 heterocycles. The Morgan fingerprint density at radius 3 is 2.52 bits per heavy atom. The van der Waals surface area contributed by atoms with Gasteiger partial charge in [0.25, 0.3) is 5.69 Å². The topological polar surface area (TPSA) is 55.5 Å². The first-order valence-corrected chi connectivity index (χ1v) is 7.40. The summed E-state index contributed by atoms with van der Waals surface area (Å²) < 4.78 is 1.16. The van der Waals surface area contributed by atoms with Crippen LogP contribution in [0.25, 0.3) is 10.1 Å². The van der Waals surface area contributed by atoms with Gasteiger partial charge in [-0.3, -0.25) is 15.1 Å². The zero-order valence-electron chi connectivity index (χ0n) is 10.8. The number of non-ortho nitro benzene ring substituents is 1. The van der Waals surface area contributed by atoms with Crippen molar-refractivity contribution in [2.75, 3.05) is 0 Å². The zero-order chi connectivity index (χ0) is 14.8. The molecule has 21 heavy (non-hydrogen) atoms. The van der Waals surface area contributed by atoms with Crippen LogP contribution in [0.3, 0.4) is 0 Å². The van der Waals surface area contributed by atoms with Crippen molar-refractivity contribution in [1.82, 2.24) is 0 Å². The Kier molecular flexibility index (Phi) is 3.72. The largest absolute Gasteiger partial charge is 0.269 e. The van der Waals surface area contributed by atoms with Crippen LogP contribution in [0.5, 0.6) is 0 Å². The molecule has 1 aromatic heterocycles. The van der Waals surface area contributed by atoms with Crippen LogP contribution in [0.4, 0.5) is 11.4 Å². The van der Waals surface area contributed by atoms with E-state index in [1.807, 2.05) is 24.3 Å². The van der Waals surface area contributed by atoms with Crippen LogP contribution in [0.1, 0.15) is 4.88 Å². The molecule has 0 amide bonds. The summed E-state index contributed by atoms with van der Waals surface area (Å²) in [6.07, 6.45) is 1.74. The fourth-order valence-electron chi connectivity index (χ4n) is 1.93. The maximum absolute atomic E-state index is 10.6. The highest BCUT2D eigenvalue weighted by Gasteiger charge is 2.07. The van der Waals surface area contributed by atoms with Crippen molar-refractivity contribution in [3.05, 3.63) is 63.5 Å². The summed E-state index contributed by atoms with van der Waals surface area (Å²) in [7, 11) is 0. The standard InChI is InChI=1S/C15H10N2O2S2/c18-17(19)11-7-5-10(6-8-11)16-9-14-15(20)12-3-1-2-4-13(12)21-14/h1-9,20H. The summed E-state index contributed by atoms with van der Waals surface area (Å²) in [5.74, 6) is 0. The molecular formula is C15H10N2O2S2. The van der Waals surface area contributed by atoms with Gasteiger partial charge >= 0.3 is 0 Å². The van der Waals surface area contributed by atoms with E-state index in [9.17, 15) is 10.1 Å². The number of nitro benzene ring substituents is 1. The maximum Gasteiger partial charge on any atom is 0.269 e. The third kappa shape index (κ3) is 2.81. The van der Waals surface area contributed by atoms with Gasteiger partial charge in [0, 0.05) is 33.3 Å². The first-order chi connectivity index (χ1) is 10.1. The van der Waals surface area contributed by atoms with Crippen molar-refractivity contribution >= 4 is 51.6 Å². The highest BCUT2D eigenvalue weighted by molar-refractivity contribution is 7.81. The normalized spacial score (nSPS) is 11.3. The zero-order valence-corrected chi connectivity index (χ0v) is 12.5. The summed E-state index contributed by atoms with van der Waals surface area (Å²) in [6, 6.07) is 14.2. The average molecular weight is 314 g/mol. The molecule has 3 rings (SSSR count). The molecule has 4 nitrogen and oxygen atoms in total. The lowest BCUT2D eigenvalue weighted by molar-refractivity contribution is -0.384. The van der Waals surface area contributed by atoms with Crippen LogP contribution in [0.15, 0.2) is 58.4 Å². The fourth-order valence-corrected chi connectivity index (χ4v) is 3.37. The smallest absolute Gasteiger partial charge is 0.258 e. The number of thiol groups is 1. The molecular weight excluding hydrogens is 304 g/mol. The van der Waals surface area contributed by atoms with Crippen LogP contribution in [-0.4, -0.2) is 11.1 Å². The van der Waals surface area contributed by atoms with Gasteiger partial charge in [-0.25, -0.2) is 0 Å². The molecule has 0 saturated carbocycles.